The lowest BCUT2D eigenvalue weighted by molar-refractivity contribution is 0.0953. The minimum atomic E-state index is -0.0700. The molecule has 0 saturated heterocycles. The number of nitrogen functional groups attached to an aromatic ring is 1. The van der Waals surface area contributed by atoms with Crippen LogP contribution < -0.4 is 11.1 Å². The number of hydrogen-bond donors (Lipinski definition) is 3. The molecule has 0 unspecified atom stereocenters. The number of aryl methyl sites for hydroxylation is 1. The van der Waals surface area contributed by atoms with Gasteiger partial charge in [0.25, 0.3) is 5.91 Å². The average Bonchev–Trinajstić information content (AvgIpc) is 2.90. The van der Waals surface area contributed by atoms with Gasteiger partial charge in [0, 0.05) is 16.6 Å². The predicted molar refractivity (Wildman–Crippen MR) is 91.7 cm³/mol. The van der Waals surface area contributed by atoms with E-state index in [1.807, 2.05) is 12.1 Å². The van der Waals surface area contributed by atoms with Gasteiger partial charge >= 0.3 is 0 Å². The molecule has 0 fully saturated rings. The van der Waals surface area contributed by atoms with E-state index < -0.39 is 0 Å². The molecule has 1 aromatic carbocycles. The molecule has 0 saturated carbocycles. The number of carbonyl (C=O) groups is 1. The summed E-state index contributed by atoms with van der Waals surface area (Å²) in [4.78, 5) is 11.9. The summed E-state index contributed by atoms with van der Waals surface area (Å²) in [5.41, 5.74) is 7.45. The third kappa shape index (κ3) is 4.83. The Labute approximate surface area is 143 Å². The molecule has 1 heterocycles. The molecular weight excluding hydrogens is 358 g/mol. The number of benzene rings is 1. The topological polar surface area (TPSA) is 108 Å². The van der Waals surface area contributed by atoms with E-state index >= 15 is 0 Å². The Bertz CT molecular complexity index is 720. The lowest BCUT2D eigenvalue weighted by Gasteiger charge is -2.05. The van der Waals surface area contributed by atoms with Crippen molar-refractivity contribution in [2.75, 3.05) is 12.3 Å². The van der Waals surface area contributed by atoms with Crippen LogP contribution in [-0.2, 0) is 6.42 Å². The minimum absolute atomic E-state index is 0.0700. The van der Waals surface area contributed by atoms with Gasteiger partial charge in [0.1, 0.15) is 11.6 Å². The van der Waals surface area contributed by atoms with Crippen LogP contribution in [0, 0.1) is 11.3 Å². The van der Waals surface area contributed by atoms with E-state index in [4.69, 9.17) is 11.0 Å². The molecule has 2 aromatic rings. The second-order valence-electron chi connectivity index (χ2n) is 5.15. The Balaban J connectivity index is 1.66. The quantitative estimate of drug-likeness (QED) is 0.646. The molecule has 0 atom stereocenters. The van der Waals surface area contributed by atoms with Crippen molar-refractivity contribution in [2.24, 2.45) is 0 Å². The summed E-state index contributed by atoms with van der Waals surface area (Å²) in [6.07, 6.45) is 3.46. The standard InChI is InChI=1S/C16H18BrN5O/c17-12-6-4-5-11(9-12)16(23)20-8-3-1-2-7-14-13(10-18)15(19)22-21-14/h4-6,9H,1-3,7-8H2,(H,20,23)(H3,19,21,22). The van der Waals surface area contributed by atoms with E-state index in [2.05, 4.69) is 37.5 Å². The van der Waals surface area contributed by atoms with Crippen molar-refractivity contribution in [3.8, 4) is 6.07 Å². The smallest absolute Gasteiger partial charge is 0.251 e. The van der Waals surface area contributed by atoms with Gasteiger partial charge in [-0.25, -0.2) is 0 Å². The second-order valence-corrected chi connectivity index (χ2v) is 6.07. The number of nitriles is 1. The molecule has 4 N–H and O–H groups in total. The van der Waals surface area contributed by atoms with Crippen LogP contribution in [-0.4, -0.2) is 22.6 Å². The van der Waals surface area contributed by atoms with Gasteiger partial charge in [-0.2, -0.15) is 10.4 Å². The van der Waals surface area contributed by atoms with Gasteiger partial charge in [0.2, 0.25) is 0 Å². The molecule has 6 nitrogen and oxygen atoms in total. The number of aromatic nitrogens is 2. The molecular formula is C16H18BrN5O. The number of nitrogens with zero attached hydrogens (tertiary/aromatic N) is 2. The highest BCUT2D eigenvalue weighted by Gasteiger charge is 2.09. The van der Waals surface area contributed by atoms with Crippen molar-refractivity contribution in [3.63, 3.8) is 0 Å². The van der Waals surface area contributed by atoms with E-state index in [1.54, 1.807) is 12.1 Å². The number of rotatable bonds is 7. The lowest BCUT2D eigenvalue weighted by Crippen LogP contribution is -2.24. The number of hydrogen-bond acceptors (Lipinski definition) is 4. The first-order chi connectivity index (χ1) is 11.1. The molecule has 0 aliphatic carbocycles. The van der Waals surface area contributed by atoms with Crippen LogP contribution in [0.4, 0.5) is 5.82 Å². The van der Waals surface area contributed by atoms with Crippen LogP contribution in [0.5, 0.6) is 0 Å². The number of anilines is 1. The van der Waals surface area contributed by atoms with Gasteiger partial charge in [-0.3, -0.25) is 9.89 Å². The molecule has 0 aliphatic rings. The van der Waals surface area contributed by atoms with Crippen molar-refractivity contribution < 1.29 is 4.79 Å². The van der Waals surface area contributed by atoms with Crippen LogP contribution in [0.15, 0.2) is 28.7 Å². The van der Waals surface area contributed by atoms with Gasteiger partial charge in [0.15, 0.2) is 5.82 Å². The second kappa shape index (κ2) is 8.34. The largest absolute Gasteiger partial charge is 0.381 e. The third-order valence-electron chi connectivity index (χ3n) is 3.46. The molecule has 120 valence electrons. The summed E-state index contributed by atoms with van der Waals surface area (Å²) in [6, 6.07) is 9.35. The summed E-state index contributed by atoms with van der Waals surface area (Å²) in [7, 11) is 0. The van der Waals surface area contributed by atoms with Gasteiger partial charge < -0.3 is 11.1 Å². The molecule has 0 aliphatic heterocycles. The Morgan fingerprint density at radius 1 is 1.39 bits per heavy atom. The van der Waals surface area contributed by atoms with Crippen LogP contribution in [0.2, 0.25) is 0 Å². The molecule has 1 aromatic heterocycles. The van der Waals surface area contributed by atoms with Crippen molar-refractivity contribution in [2.45, 2.75) is 25.7 Å². The monoisotopic (exact) mass is 375 g/mol. The first-order valence-corrected chi connectivity index (χ1v) is 8.17. The fourth-order valence-corrected chi connectivity index (χ4v) is 2.64. The highest BCUT2D eigenvalue weighted by Crippen LogP contribution is 2.14. The van der Waals surface area contributed by atoms with Crippen LogP contribution >= 0.6 is 15.9 Å². The number of carbonyl (C=O) groups excluding carboxylic acids is 1. The van der Waals surface area contributed by atoms with E-state index in [1.165, 1.54) is 0 Å². The van der Waals surface area contributed by atoms with Gasteiger partial charge in [-0.1, -0.05) is 28.4 Å². The molecule has 1 amide bonds. The zero-order valence-electron chi connectivity index (χ0n) is 12.6. The number of nitrogens with one attached hydrogen (secondary N) is 2. The molecule has 0 bridgehead atoms. The number of H-pyrrole nitrogens is 1. The number of nitrogens with two attached hydrogens (primary N) is 1. The lowest BCUT2D eigenvalue weighted by atomic mass is 10.1. The first kappa shape index (κ1) is 17.0. The Morgan fingerprint density at radius 3 is 2.96 bits per heavy atom. The van der Waals surface area contributed by atoms with Crippen molar-refractivity contribution >= 4 is 27.7 Å². The Hall–Kier alpha value is -2.33. The predicted octanol–water partition coefficient (Wildman–Crippen LogP) is 2.77. The van der Waals surface area contributed by atoms with Crippen LogP contribution in [0.25, 0.3) is 0 Å². The molecule has 0 radical (unpaired) electrons. The van der Waals surface area contributed by atoms with Gasteiger partial charge in [-0.15, -0.1) is 0 Å². The summed E-state index contributed by atoms with van der Waals surface area (Å²) in [5, 5.41) is 18.5. The van der Waals surface area contributed by atoms with Gasteiger partial charge in [-0.05, 0) is 37.5 Å². The Kier molecular flexibility index (Phi) is 6.18. The van der Waals surface area contributed by atoms with Gasteiger partial charge in [0.05, 0.1) is 5.69 Å². The van der Waals surface area contributed by atoms with E-state index in [0.29, 0.717) is 17.7 Å². The first-order valence-electron chi connectivity index (χ1n) is 7.38. The number of amides is 1. The average molecular weight is 376 g/mol. The van der Waals surface area contributed by atoms with E-state index in [-0.39, 0.29) is 11.7 Å². The summed E-state index contributed by atoms with van der Waals surface area (Å²) in [6.45, 7) is 0.627. The number of halogens is 1. The highest BCUT2D eigenvalue weighted by molar-refractivity contribution is 9.10. The summed E-state index contributed by atoms with van der Waals surface area (Å²) >= 11 is 3.35. The zero-order valence-corrected chi connectivity index (χ0v) is 14.2. The maximum absolute atomic E-state index is 11.9. The highest BCUT2D eigenvalue weighted by atomic mass is 79.9. The summed E-state index contributed by atoms with van der Waals surface area (Å²) in [5.74, 6) is 0.184. The zero-order chi connectivity index (χ0) is 16.7. The minimum Gasteiger partial charge on any atom is -0.381 e. The van der Waals surface area contributed by atoms with Crippen molar-refractivity contribution in [1.82, 2.24) is 15.5 Å². The normalized spacial score (nSPS) is 10.3. The number of aromatic amines is 1. The molecule has 0 spiro atoms. The fourth-order valence-electron chi connectivity index (χ4n) is 2.24. The van der Waals surface area contributed by atoms with Crippen LogP contribution in [0.3, 0.4) is 0 Å². The SMILES string of the molecule is N#Cc1c(N)n[nH]c1CCCCCNC(=O)c1cccc(Br)c1. The van der Waals surface area contributed by atoms with Crippen molar-refractivity contribution in [3.05, 3.63) is 45.6 Å². The maximum atomic E-state index is 11.9. The Morgan fingerprint density at radius 2 is 2.22 bits per heavy atom. The van der Waals surface area contributed by atoms with E-state index in [9.17, 15) is 4.79 Å². The van der Waals surface area contributed by atoms with Crippen LogP contribution in [0.1, 0.15) is 40.9 Å². The fraction of sp³-hybridized carbons (Fsp3) is 0.312. The molecule has 7 heteroatoms. The van der Waals surface area contributed by atoms with E-state index in [0.717, 1.165) is 35.8 Å². The molecule has 23 heavy (non-hydrogen) atoms. The maximum Gasteiger partial charge on any atom is 0.251 e. The third-order valence-corrected chi connectivity index (χ3v) is 3.95. The van der Waals surface area contributed by atoms with Crippen molar-refractivity contribution in [1.29, 1.82) is 5.26 Å². The number of unbranched alkanes of at least 4 members (excludes halogenated alkanes) is 2. The molecule has 2 rings (SSSR count). The summed E-state index contributed by atoms with van der Waals surface area (Å²) < 4.78 is 0.886.